The van der Waals surface area contributed by atoms with Gasteiger partial charge in [0.05, 0.1) is 23.7 Å². The summed E-state index contributed by atoms with van der Waals surface area (Å²) in [6.07, 6.45) is 3.60. The van der Waals surface area contributed by atoms with E-state index in [4.69, 9.17) is 11.6 Å². The van der Waals surface area contributed by atoms with Crippen molar-refractivity contribution in [3.63, 3.8) is 0 Å². The van der Waals surface area contributed by atoms with Gasteiger partial charge < -0.3 is 0 Å². The van der Waals surface area contributed by atoms with Crippen molar-refractivity contribution in [3.8, 4) is 5.69 Å². The fraction of sp³-hybridized carbons (Fsp3) is 0.0556. The minimum atomic E-state index is -0.216. The van der Waals surface area contributed by atoms with E-state index >= 15 is 0 Å². The molecular weight excluding hydrogens is 310 g/mol. The highest BCUT2D eigenvalue weighted by molar-refractivity contribution is 6.30. The number of para-hydroxylation sites is 1. The Morgan fingerprint density at radius 3 is 2.43 bits per heavy atom. The molecule has 0 atom stereocenters. The highest BCUT2D eigenvalue weighted by Gasteiger charge is 2.01. The summed E-state index contributed by atoms with van der Waals surface area (Å²) in [6.45, 7) is 0. The number of hydrogen-bond donors (Lipinski definition) is 0. The van der Waals surface area contributed by atoms with Crippen molar-refractivity contribution < 1.29 is 4.79 Å². The minimum Gasteiger partial charge on any atom is -0.272 e. The zero-order valence-electron chi connectivity index (χ0n) is 12.3. The maximum Gasteiger partial charge on any atom is 0.250 e. The van der Waals surface area contributed by atoms with Crippen LogP contribution in [0.2, 0.25) is 5.02 Å². The van der Waals surface area contributed by atoms with Gasteiger partial charge in [-0.2, -0.15) is 5.10 Å². The summed E-state index contributed by atoms with van der Waals surface area (Å²) < 4.78 is 1.72. The number of carbonyl (C=O) groups is 1. The average Bonchev–Trinajstić information content (AvgIpc) is 2.58. The molecule has 3 rings (SSSR count). The third-order valence-corrected chi connectivity index (χ3v) is 3.50. The topological polar surface area (TPSA) is 47.2 Å². The molecule has 4 nitrogen and oxygen atoms in total. The van der Waals surface area contributed by atoms with Crippen LogP contribution in [0, 0.1) is 0 Å². The van der Waals surface area contributed by atoms with E-state index in [2.05, 4.69) is 10.1 Å². The molecule has 0 saturated carbocycles. The van der Waals surface area contributed by atoms with Crippen LogP contribution in [0.1, 0.15) is 5.56 Å². The second-order valence-electron chi connectivity index (χ2n) is 4.97. The van der Waals surface area contributed by atoms with E-state index in [1.54, 1.807) is 35.3 Å². The Balaban J connectivity index is 1.74. The van der Waals surface area contributed by atoms with Crippen molar-refractivity contribution in [2.45, 2.75) is 6.42 Å². The smallest absolute Gasteiger partial charge is 0.250 e. The molecule has 1 heterocycles. The molecule has 2 aromatic carbocycles. The van der Waals surface area contributed by atoms with E-state index < -0.39 is 0 Å². The van der Waals surface area contributed by atoms with Crippen LogP contribution in [-0.4, -0.2) is 15.7 Å². The summed E-state index contributed by atoms with van der Waals surface area (Å²) in [5.74, 6) is -0.216. The highest BCUT2D eigenvalue weighted by Crippen LogP contribution is 2.10. The van der Waals surface area contributed by atoms with Gasteiger partial charge in [0, 0.05) is 11.2 Å². The lowest BCUT2D eigenvalue weighted by Crippen LogP contribution is -2.12. The molecule has 0 bridgehead atoms. The fourth-order valence-corrected chi connectivity index (χ4v) is 2.24. The first-order chi connectivity index (χ1) is 11.2. The second-order valence-corrected chi connectivity index (χ2v) is 5.41. The molecule has 0 aliphatic rings. The lowest BCUT2D eigenvalue weighted by atomic mass is 10.1. The van der Waals surface area contributed by atoms with Crippen LogP contribution in [0.25, 0.3) is 5.69 Å². The molecule has 3 aromatic rings. The Hall–Kier alpha value is -2.72. The fourth-order valence-electron chi connectivity index (χ4n) is 2.11. The molecule has 114 valence electrons. The Morgan fingerprint density at radius 2 is 1.78 bits per heavy atom. The Bertz CT molecular complexity index is 850. The largest absolute Gasteiger partial charge is 0.272 e. The number of amides is 1. The van der Waals surface area contributed by atoms with Crippen LogP contribution in [0.15, 0.2) is 78.0 Å². The number of aromatic nitrogens is 2. The monoisotopic (exact) mass is 323 g/mol. The van der Waals surface area contributed by atoms with Gasteiger partial charge in [-0.3, -0.25) is 4.79 Å². The molecule has 1 amide bonds. The summed E-state index contributed by atoms with van der Waals surface area (Å²) in [6, 6.07) is 18.7. The molecule has 0 radical (unpaired) electrons. The number of carbonyl (C=O) groups excluding carboxylic acids is 1. The van der Waals surface area contributed by atoms with E-state index in [0.29, 0.717) is 10.4 Å². The van der Waals surface area contributed by atoms with Gasteiger partial charge in [-0.05, 0) is 35.9 Å². The molecule has 0 aliphatic heterocycles. The lowest BCUT2D eigenvalue weighted by molar-refractivity contribution is -0.117. The molecule has 0 spiro atoms. The normalized spacial score (nSPS) is 11.4. The van der Waals surface area contributed by atoms with Gasteiger partial charge in [0.2, 0.25) is 0 Å². The molecule has 0 N–H and O–H groups in total. The molecule has 5 heteroatoms. The summed E-state index contributed by atoms with van der Waals surface area (Å²) in [5, 5.41) is 5.46. The van der Waals surface area contributed by atoms with Gasteiger partial charge >= 0.3 is 0 Å². The summed E-state index contributed by atoms with van der Waals surface area (Å²) >= 11 is 5.82. The second kappa shape index (κ2) is 7.03. The molecule has 0 aliphatic carbocycles. The van der Waals surface area contributed by atoms with Crippen LogP contribution < -0.4 is 5.36 Å². The van der Waals surface area contributed by atoms with Crippen molar-refractivity contribution in [1.82, 2.24) is 9.78 Å². The van der Waals surface area contributed by atoms with Crippen molar-refractivity contribution in [2.75, 3.05) is 0 Å². The van der Waals surface area contributed by atoms with Gasteiger partial charge in [0.15, 0.2) is 0 Å². The molecule has 0 unspecified atom stereocenters. The first-order valence-electron chi connectivity index (χ1n) is 7.13. The SMILES string of the molecule is O=C(Cc1ccc(Cl)cc1)N=c1ccn(-c2ccccc2)nc1. The zero-order chi connectivity index (χ0) is 16.1. The lowest BCUT2D eigenvalue weighted by Gasteiger charge is -2.03. The maximum atomic E-state index is 12.0. The molecule has 0 saturated heterocycles. The predicted molar refractivity (Wildman–Crippen MR) is 89.3 cm³/mol. The maximum absolute atomic E-state index is 12.0. The summed E-state index contributed by atoms with van der Waals surface area (Å²) in [5.41, 5.74) is 1.83. The number of rotatable bonds is 3. The first kappa shape index (κ1) is 15.2. The number of nitrogens with zero attached hydrogens (tertiary/aromatic N) is 3. The van der Waals surface area contributed by atoms with E-state index in [0.717, 1.165) is 11.3 Å². The van der Waals surface area contributed by atoms with Crippen molar-refractivity contribution in [1.29, 1.82) is 0 Å². The zero-order valence-corrected chi connectivity index (χ0v) is 13.0. The van der Waals surface area contributed by atoms with Crippen LogP contribution in [-0.2, 0) is 11.2 Å². The standard InChI is InChI=1S/C18H14ClN3O/c19-15-8-6-14(7-9-15)12-18(23)21-16-10-11-22(20-13-16)17-4-2-1-3-5-17/h1-11,13H,12H2. The van der Waals surface area contributed by atoms with Crippen LogP contribution in [0.3, 0.4) is 0 Å². The Morgan fingerprint density at radius 1 is 1.04 bits per heavy atom. The van der Waals surface area contributed by atoms with Gasteiger partial charge in [0.1, 0.15) is 0 Å². The number of halogens is 1. The van der Waals surface area contributed by atoms with Gasteiger partial charge in [-0.1, -0.05) is 41.9 Å². The van der Waals surface area contributed by atoms with Crippen molar-refractivity contribution in [3.05, 3.63) is 89.0 Å². The van der Waals surface area contributed by atoms with E-state index in [9.17, 15) is 4.79 Å². The van der Waals surface area contributed by atoms with Crippen molar-refractivity contribution >= 4 is 17.5 Å². The first-order valence-corrected chi connectivity index (χ1v) is 7.51. The van der Waals surface area contributed by atoms with E-state index in [1.807, 2.05) is 42.5 Å². The van der Waals surface area contributed by atoms with Crippen LogP contribution >= 0.6 is 11.6 Å². The van der Waals surface area contributed by atoms with E-state index in [1.165, 1.54) is 0 Å². The third kappa shape index (κ3) is 4.14. The molecule has 1 aromatic heterocycles. The quantitative estimate of drug-likeness (QED) is 0.743. The summed E-state index contributed by atoms with van der Waals surface area (Å²) in [4.78, 5) is 16.1. The summed E-state index contributed by atoms with van der Waals surface area (Å²) in [7, 11) is 0. The number of benzene rings is 2. The van der Waals surface area contributed by atoms with Crippen LogP contribution in [0.4, 0.5) is 0 Å². The van der Waals surface area contributed by atoms with Crippen LogP contribution in [0.5, 0.6) is 0 Å². The van der Waals surface area contributed by atoms with Gasteiger partial charge in [0.25, 0.3) is 5.91 Å². The van der Waals surface area contributed by atoms with Gasteiger partial charge in [-0.15, -0.1) is 0 Å². The van der Waals surface area contributed by atoms with Gasteiger partial charge in [-0.25, -0.2) is 9.67 Å². The third-order valence-electron chi connectivity index (χ3n) is 3.24. The predicted octanol–water partition coefficient (Wildman–Crippen LogP) is 3.20. The number of hydrogen-bond acceptors (Lipinski definition) is 2. The van der Waals surface area contributed by atoms with E-state index in [-0.39, 0.29) is 12.3 Å². The van der Waals surface area contributed by atoms with Crippen molar-refractivity contribution in [2.24, 2.45) is 4.99 Å². The molecule has 0 fully saturated rings. The minimum absolute atomic E-state index is 0.216. The molecular formula is C18H14ClN3O. The Labute approximate surface area is 138 Å². The Kier molecular flexibility index (Phi) is 4.64. The highest BCUT2D eigenvalue weighted by atomic mass is 35.5. The average molecular weight is 324 g/mol. The molecule has 23 heavy (non-hydrogen) atoms.